The number of rotatable bonds is 4. The Labute approximate surface area is 187 Å². The lowest BCUT2D eigenvalue weighted by molar-refractivity contribution is -0.141. The van der Waals surface area contributed by atoms with Gasteiger partial charge in [-0.15, -0.1) is 0 Å². The highest BCUT2D eigenvalue weighted by molar-refractivity contribution is 7.99. The summed E-state index contributed by atoms with van der Waals surface area (Å²) in [5, 5.41) is 18.7. The quantitative estimate of drug-likeness (QED) is 0.568. The van der Waals surface area contributed by atoms with Gasteiger partial charge < -0.3 is 10.4 Å². The van der Waals surface area contributed by atoms with Gasteiger partial charge in [0.1, 0.15) is 11.4 Å². The Hall–Kier alpha value is -2.59. The number of carbonyl (C=O) groups is 1. The van der Waals surface area contributed by atoms with Gasteiger partial charge in [0.25, 0.3) is 5.91 Å². The second-order valence-corrected chi connectivity index (χ2v) is 9.55. The molecule has 1 aliphatic heterocycles. The molecule has 170 valence electrons. The third-order valence-electron chi connectivity index (χ3n) is 5.41. The Kier molecular flexibility index (Phi) is 5.93. The van der Waals surface area contributed by atoms with Crippen LogP contribution in [0.15, 0.2) is 36.5 Å². The summed E-state index contributed by atoms with van der Waals surface area (Å²) in [5.41, 5.74) is -1.44. The average molecular weight is 465 g/mol. The number of alkyl halides is 3. The molecular weight excluding hydrogens is 441 g/mol. The Bertz CT molecular complexity index is 1150. The molecule has 1 aromatic carbocycles. The lowest BCUT2D eigenvalue weighted by atomic mass is 9.95. The summed E-state index contributed by atoms with van der Waals surface area (Å²) in [4.78, 5) is 16.2. The molecule has 0 unspecified atom stereocenters. The first kappa shape index (κ1) is 22.6. The van der Waals surface area contributed by atoms with Gasteiger partial charge in [0.2, 0.25) is 0 Å². The number of benzene rings is 1. The minimum Gasteiger partial charge on any atom is -0.386 e. The topological polar surface area (TPSA) is 80.0 Å². The number of aromatic nitrogens is 3. The molecule has 2 aromatic heterocycles. The van der Waals surface area contributed by atoms with Crippen molar-refractivity contribution in [2.75, 3.05) is 16.8 Å². The fourth-order valence-corrected chi connectivity index (χ4v) is 4.82. The van der Waals surface area contributed by atoms with Crippen LogP contribution in [0, 0.1) is 0 Å². The third kappa shape index (κ3) is 4.75. The summed E-state index contributed by atoms with van der Waals surface area (Å²) in [6, 6.07) is 6.85. The Morgan fingerprint density at radius 2 is 1.94 bits per heavy atom. The predicted molar refractivity (Wildman–Crippen MR) is 118 cm³/mol. The molecule has 1 fully saturated rings. The highest BCUT2D eigenvalue weighted by Gasteiger charge is 2.33. The summed E-state index contributed by atoms with van der Waals surface area (Å²) < 4.78 is 40.8. The molecule has 6 nitrogen and oxygen atoms in total. The van der Waals surface area contributed by atoms with Crippen molar-refractivity contribution in [1.82, 2.24) is 14.8 Å². The Balaban J connectivity index is 1.69. The van der Waals surface area contributed by atoms with Crippen LogP contribution in [0.4, 0.5) is 18.9 Å². The summed E-state index contributed by atoms with van der Waals surface area (Å²) in [6.07, 6.45) is -0.717. The van der Waals surface area contributed by atoms with E-state index in [2.05, 4.69) is 15.4 Å². The highest BCUT2D eigenvalue weighted by Crippen LogP contribution is 2.34. The standard InChI is InChI=1S/C22H23F3N4O2S/c1-21(2,31)15-11-17-13(12-29(28-17)14-6-8-32-9-7-14)10-18(15)27-20(30)16-4-3-5-19(26-16)22(23,24)25/h3-5,10-12,14,31H,6-9H2,1-2H3,(H,27,30). The van der Waals surface area contributed by atoms with E-state index in [-0.39, 0.29) is 5.69 Å². The lowest BCUT2D eigenvalue weighted by Crippen LogP contribution is -2.22. The van der Waals surface area contributed by atoms with Gasteiger partial charge in [0.15, 0.2) is 0 Å². The zero-order valence-corrected chi connectivity index (χ0v) is 18.4. The van der Waals surface area contributed by atoms with Crippen molar-refractivity contribution in [2.45, 2.75) is 44.5 Å². The minimum absolute atomic E-state index is 0.293. The van der Waals surface area contributed by atoms with E-state index in [1.54, 1.807) is 26.0 Å². The van der Waals surface area contributed by atoms with Crippen molar-refractivity contribution in [3.8, 4) is 0 Å². The summed E-state index contributed by atoms with van der Waals surface area (Å²) >= 11 is 1.92. The van der Waals surface area contributed by atoms with Crippen LogP contribution >= 0.6 is 11.8 Å². The van der Waals surface area contributed by atoms with Crippen molar-refractivity contribution in [1.29, 1.82) is 0 Å². The normalized spacial score (nSPS) is 15.8. The van der Waals surface area contributed by atoms with E-state index in [4.69, 9.17) is 0 Å². The van der Waals surface area contributed by atoms with Crippen molar-refractivity contribution in [2.24, 2.45) is 0 Å². The fourth-order valence-electron chi connectivity index (χ4n) is 3.74. The molecule has 4 rings (SSSR count). The molecule has 0 bridgehead atoms. The van der Waals surface area contributed by atoms with E-state index in [9.17, 15) is 23.1 Å². The number of fused-ring (bicyclic) bond motifs is 1. The number of hydrogen-bond acceptors (Lipinski definition) is 5. The van der Waals surface area contributed by atoms with Gasteiger partial charge in [-0.05, 0) is 62.5 Å². The summed E-state index contributed by atoms with van der Waals surface area (Å²) in [7, 11) is 0. The number of halogens is 3. The highest BCUT2D eigenvalue weighted by atomic mass is 32.2. The number of nitrogens with zero attached hydrogens (tertiary/aromatic N) is 3. The Morgan fingerprint density at radius 1 is 1.22 bits per heavy atom. The molecule has 0 aliphatic carbocycles. The van der Waals surface area contributed by atoms with E-state index in [0.29, 0.717) is 22.8 Å². The zero-order chi connectivity index (χ0) is 23.1. The first-order valence-corrected chi connectivity index (χ1v) is 11.4. The molecule has 10 heteroatoms. The summed E-state index contributed by atoms with van der Waals surface area (Å²) in [5.74, 6) is 1.35. The number of aliphatic hydroxyl groups is 1. The molecule has 0 saturated carbocycles. The SMILES string of the molecule is CC(C)(O)c1cc2nn(C3CCSCC3)cc2cc1NC(=O)c1cccc(C(F)(F)F)n1. The third-order valence-corrected chi connectivity index (χ3v) is 6.45. The van der Waals surface area contributed by atoms with E-state index < -0.39 is 23.4 Å². The van der Waals surface area contributed by atoms with Crippen LogP contribution < -0.4 is 5.32 Å². The monoisotopic (exact) mass is 464 g/mol. The molecular formula is C22H23F3N4O2S. The average Bonchev–Trinajstić information content (AvgIpc) is 3.16. The number of nitrogens with one attached hydrogen (secondary N) is 1. The van der Waals surface area contributed by atoms with E-state index in [1.807, 2.05) is 22.6 Å². The molecule has 3 aromatic rings. The second kappa shape index (κ2) is 8.40. The fraction of sp³-hybridized carbons (Fsp3) is 0.409. The van der Waals surface area contributed by atoms with Crippen molar-refractivity contribution < 1.29 is 23.1 Å². The van der Waals surface area contributed by atoms with E-state index >= 15 is 0 Å². The Morgan fingerprint density at radius 3 is 2.59 bits per heavy atom. The molecule has 3 heterocycles. The van der Waals surface area contributed by atoms with Crippen LogP contribution in [0.5, 0.6) is 0 Å². The maximum atomic E-state index is 13.0. The molecule has 1 aliphatic rings. The first-order chi connectivity index (χ1) is 15.0. The number of anilines is 1. The van der Waals surface area contributed by atoms with E-state index in [1.165, 1.54) is 6.07 Å². The molecule has 0 spiro atoms. The van der Waals surface area contributed by atoms with Crippen molar-refractivity contribution >= 4 is 34.3 Å². The van der Waals surface area contributed by atoms with Crippen LogP contribution in [0.3, 0.4) is 0 Å². The smallest absolute Gasteiger partial charge is 0.386 e. The van der Waals surface area contributed by atoms with Gasteiger partial charge in [-0.25, -0.2) is 4.98 Å². The lowest BCUT2D eigenvalue weighted by Gasteiger charge is -2.22. The van der Waals surface area contributed by atoms with Gasteiger partial charge in [-0.2, -0.15) is 30.0 Å². The van der Waals surface area contributed by atoms with Gasteiger partial charge in [0.05, 0.1) is 17.2 Å². The molecule has 0 radical (unpaired) electrons. The molecule has 32 heavy (non-hydrogen) atoms. The number of pyridine rings is 1. The predicted octanol–water partition coefficient (Wildman–Crippen LogP) is 5.00. The van der Waals surface area contributed by atoms with Crippen molar-refractivity contribution in [3.63, 3.8) is 0 Å². The van der Waals surface area contributed by atoms with Crippen LogP contribution in [0.2, 0.25) is 0 Å². The molecule has 2 N–H and O–H groups in total. The van der Waals surface area contributed by atoms with Gasteiger partial charge in [-0.1, -0.05) is 6.07 Å². The molecule has 1 saturated heterocycles. The zero-order valence-electron chi connectivity index (χ0n) is 17.6. The van der Waals surface area contributed by atoms with Gasteiger partial charge in [0, 0.05) is 22.8 Å². The summed E-state index contributed by atoms with van der Waals surface area (Å²) in [6.45, 7) is 3.14. The number of hydrogen-bond donors (Lipinski definition) is 2. The number of thioether (sulfide) groups is 1. The number of carbonyl (C=O) groups excluding carboxylic acids is 1. The van der Waals surface area contributed by atoms with Gasteiger partial charge in [-0.3, -0.25) is 9.48 Å². The number of amides is 1. The van der Waals surface area contributed by atoms with Crippen molar-refractivity contribution in [3.05, 3.63) is 53.5 Å². The maximum Gasteiger partial charge on any atom is 0.433 e. The van der Waals surface area contributed by atoms with Gasteiger partial charge >= 0.3 is 6.18 Å². The maximum absolute atomic E-state index is 13.0. The molecule has 1 amide bonds. The first-order valence-electron chi connectivity index (χ1n) is 10.2. The second-order valence-electron chi connectivity index (χ2n) is 8.33. The van der Waals surface area contributed by atoms with Crippen LogP contribution in [0.25, 0.3) is 10.9 Å². The minimum atomic E-state index is -4.65. The molecule has 0 atom stereocenters. The van der Waals surface area contributed by atoms with Crippen LogP contribution in [-0.2, 0) is 11.8 Å². The largest absolute Gasteiger partial charge is 0.433 e. The van der Waals surface area contributed by atoms with Crippen LogP contribution in [-0.4, -0.2) is 37.3 Å². The van der Waals surface area contributed by atoms with E-state index in [0.717, 1.165) is 41.9 Å². The van der Waals surface area contributed by atoms with Crippen LogP contribution in [0.1, 0.15) is 54.5 Å².